The van der Waals surface area contributed by atoms with Crippen LogP contribution < -0.4 is 25.3 Å². The molecule has 0 fully saturated rings. The highest BCUT2D eigenvalue weighted by atomic mass is 19.1. The molecule has 1 aliphatic rings. The number of amides is 2. The monoisotopic (exact) mass is 499 g/mol. The largest absolute Gasteiger partial charge is 0.454 e. The number of hydrogen-bond donors (Lipinski definition) is 2. The minimum atomic E-state index is -0.461. The minimum Gasteiger partial charge on any atom is -0.454 e. The van der Waals surface area contributed by atoms with Crippen molar-refractivity contribution in [2.75, 3.05) is 6.79 Å². The maximum Gasteiger partial charge on any atom is 0.257 e. The van der Waals surface area contributed by atoms with Crippen LogP contribution in [-0.4, -0.2) is 23.6 Å². The van der Waals surface area contributed by atoms with Gasteiger partial charge < -0.3 is 25.3 Å². The summed E-state index contributed by atoms with van der Waals surface area (Å²) in [5, 5.41) is 2.72. The lowest BCUT2D eigenvalue weighted by atomic mass is 10.0. The van der Waals surface area contributed by atoms with Gasteiger partial charge in [0.05, 0.1) is 6.42 Å². The van der Waals surface area contributed by atoms with Crippen molar-refractivity contribution < 1.29 is 28.2 Å². The summed E-state index contributed by atoms with van der Waals surface area (Å²) < 4.78 is 31.3. The van der Waals surface area contributed by atoms with E-state index in [0.29, 0.717) is 28.4 Å². The summed E-state index contributed by atoms with van der Waals surface area (Å²) in [5.41, 5.74) is 8.00. The molecule has 0 radical (unpaired) electrons. The molecule has 0 spiro atoms. The first kappa shape index (κ1) is 23.8. The molecule has 0 unspecified atom stereocenters. The maximum atomic E-state index is 14.8. The Morgan fingerprint density at radius 3 is 2.54 bits per heavy atom. The molecule has 37 heavy (non-hydrogen) atoms. The number of hydrogen-bond acceptors (Lipinski definition) is 6. The van der Waals surface area contributed by atoms with E-state index >= 15 is 0 Å². The Bertz CT molecular complexity index is 1470. The fourth-order valence-corrected chi connectivity index (χ4v) is 3.85. The molecule has 5 rings (SSSR count). The van der Waals surface area contributed by atoms with E-state index in [2.05, 4.69) is 10.3 Å². The van der Waals surface area contributed by atoms with Crippen LogP contribution in [0.1, 0.15) is 21.5 Å². The summed E-state index contributed by atoms with van der Waals surface area (Å²) in [7, 11) is 0. The van der Waals surface area contributed by atoms with Crippen LogP contribution in [0.2, 0.25) is 0 Å². The number of carbonyl (C=O) groups is 2. The molecule has 0 atom stereocenters. The Hall–Kier alpha value is -4.92. The number of rotatable bonds is 8. The van der Waals surface area contributed by atoms with E-state index < -0.39 is 17.6 Å². The molecule has 9 heteroatoms. The topological polar surface area (TPSA) is 113 Å². The van der Waals surface area contributed by atoms with Crippen LogP contribution in [0.25, 0.3) is 11.1 Å². The quantitative estimate of drug-likeness (QED) is 0.372. The van der Waals surface area contributed by atoms with Gasteiger partial charge in [0.15, 0.2) is 11.5 Å². The summed E-state index contributed by atoms with van der Waals surface area (Å²) in [6.07, 6.45) is 1.66. The zero-order valence-corrected chi connectivity index (χ0v) is 19.6. The number of carbonyl (C=O) groups excluding carboxylic acids is 2. The van der Waals surface area contributed by atoms with Crippen molar-refractivity contribution >= 4 is 11.8 Å². The van der Waals surface area contributed by atoms with Crippen LogP contribution in [0, 0.1) is 5.82 Å². The normalized spacial score (nSPS) is 11.7. The molecule has 1 aromatic heterocycles. The summed E-state index contributed by atoms with van der Waals surface area (Å²) in [4.78, 5) is 28.1. The molecular formula is C28H22FN3O5. The fraction of sp³-hybridized carbons (Fsp3) is 0.107. The Morgan fingerprint density at radius 1 is 0.973 bits per heavy atom. The highest BCUT2D eigenvalue weighted by molar-refractivity contribution is 5.96. The molecular weight excluding hydrogens is 477 g/mol. The van der Waals surface area contributed by atoms with Gasteiger partial charge in [-0.2, -0.15) is 0 Å². The van der Waals surface area contributed by atoms with Crippen LogP contribution in [0.5, 0.6) is 23.1 Å². The van der Waals surface area contributed by atoms with Crippen molar-refractivity contribution in [3.05, 3.63) is 102 Å². The average Bonchev–Trinajstić information content (AvgIpc) is 3.36. The van der Waals surface area contributed by atoms with Crippen LogP contribution in [0.3, 0.4) is 0 Å². The fourth-order valence-electron chi connectivity index (χ4n) is 3.85. The summed E-state index contributed by atoms with van der Waals surface area (Å²) in [6.45, 7) is 0.109. The number of benzene rings is 3. The van der Waals surface area contributed by atoms with Crippen molar-refractivity contribution in [3.8, 4) is 34.3 Å². The van der Waals surface area contributed by atoms with Gasteiger partial charge in [0.2, 0.25) is 18.6 Å². The molecule has 0 aliphatic carbocycles. The summed E-state index contributed by atoms with van der Waals surface area (Å²) in [6, 6.07) is 20.2. The second kappa shape index (κ2) is 10.4. The predicted octanol–water partition coefficient (Wildman–Crippen LogP) is 4.37. The third kappa shape index (κ3) is 5.51. The van der Waals surface area contributed by atoms with Gasteiger partial charge in [0.25, 0.3) is 5.91 Å². The van der Waals surface area contributed by atoms with Crippen molar-refractivity contribution in [2.45, 2.75) is 13.0 Å². The zero-order valence-electron chi connectivity index (χ0n) is 19.6. The Kier molecular flexibility index (Phi) is 6.67. The lowest BCUT2D eigenvalue weighted by molar-refractivity contribution is -0.117. The number of nitrogens with one attached hydrogen (secondary N) is 1. The molecule has 3 N–H and O–H groups in total. The second-order valence-electron chi connectivity index (χ2n) is 8.30. The van der Waals surface area contributed by atoms with Gasteiger partial charge in [-0.05, 0) is 47.0 Å². The predicted molar refractivity (Wildman–Crippen MR) is 133 cm³/mol. The molecule has 1 aliphatic heterocycles. The summed E-state index contributed by atoms with van der Waals surface area (Å²) >= 11 is 0. The minimum absolute atomic E-state index is 0.0269. The van der Waals surface area contributed by atoms with E-state index in [-0.39, 0.29) is 31.2 Å². The molecule has 186 valence electrons. The van der Waals surface area contributed by atoms with Gasteiger partial charge in [0.1, 0.15) is 17.1 Å². The Morgan fingerprint density at radius 2 is 1.76 bits per heavy atom. The first-order valence-electron chi connectivity index (χ1n) is 11.4. The van der Waals surface area contributed by atoms with E-state index in [0.717, 1.165) is 11.1 Å². The number of fused-ring (bicyclic) bond motifs is 1. The van der Waals surface area contributed by atoms with Gasteiger partial charge >= 0.3 is 0 Å². The molecule has 8 nitrogen and oxygen atoms in total. The average molecular weight is 499 g/mol. The van der Waals surface area contributed by atoms with E-state index in [1.54, 1.807) is 66.7 Å². The van der Waals surface area contributed by atoms with Crippen molar-refractivity contribution in [3.63, 3.8) is 0 Å². The first-order valence-corrected chi connectivity index (χ1v) is 11.4. The number of aromatic nitrogens is 1. The number of ether oxygens (including phenoxy) is 3. The molecule has 4 aromatic rings. The first-order chi connectivity index (χ1) is 18.0. The van der Waals surface area contributed by atoms with Crippen LogP contribution >= 0.6 is 0 Å². The molecule has 3 aromatic carbocycles. The lowest BCUT2D eigenvalue weighted by Crippen LogP contribution is -2.24. The highest BCUT2D eigenvalue weighted by Crippen LogP contribution is 2.36. The van der Waals surface area contributed by atoms with E-state index in [1.807, 2.05) is 0 Å². The lowest BCUT2D eigenvalue weighted by Gasteiger charge is -2.12. The Labute approximate surface area is 211 Å². The van der Waals surface area contributed by atoms with E-state index in [1.165, 1.54) is 12.3 Å². The van der Waals surface area contributed by atoms with E-state index in [9.17, 15) is 14.0 Å². The number of pyridine rings is 1. The van der Waals surface area contributed by atoms with Gasteiger partial charge in [-0.25, -0.2) is 9.37 Å². The van der Waals surface area contributed by atoms with Crippen LogP contribution in [0.4, 0.5) is 4.39 Å². The third-order valence-electron chi connectivity index (χ3n) is 5.73. The maximum absolute atomic E-state index is 14.8. The van der Waals surface area contributed by atoms with Crippen molar-refractivity contribution in [2.24, 2.45) is 5.73 Å². The van der Waals surface area contributed by atoms with Crippen molar-refractivity contribution in [1.82, 2.24) is 10.3 Å². The molecule has 2 amide bonds. The second-order valence-corrected chi connectivity index (χ2v) is 8.30. The smallest absolute Gasteiger partial charge is 0.257 e. The Balaban J connectivity index is 1.25. The highest BCUT2D eigenvalue weighted by Gasteiger charge is 2.18. The number of nitrogens with two attached hydrogens (primary N) is 1. The SMILES string of the molecule is NC(=O)Cc1ccc(-c2ccc(CNC(=O)c3cccnc3Oc3ccc4c(c3)OCO4)c(F)c2)cc1. The molecule has 0 saturated carbocycles. The van der Waals surface area contributed by atoms with Crippen LogP contribution in [0.15, 0.2) is 79.0 Å². The van der Waals surface area contributed by atoms with Crippen LogP contribution in [-0.2, 0) is 17.8 Å². The molecule has 0 bridgehead atoms. The van der Waals surface area contributed by atoms with Gasteiger partial charge in [-0.1, -0.05) is 36.4 Å². The number of nitrogens with zero attached hydrogens (tertiary/aromatic N) is 1. The van der Waals surface area contributed by atoms with Gasteiger partial charge in [0, 0.05) is 24.4 Å². The van der Waals surface area contributed by atoms with Crippen molar-refractivity contribution in [1.29, 1.82) is 0 Å². The third-order valence-corrected chi connectivity index (χ3v) is 5.73. The number of halogens is 1. The van der Waals surface area contributed by atoms with Gasteiger partial charge in [-0.3, -0.25) is 9.59 Å². The zero-order chi connectivity index (χ0) is 25.8. The number of primary amides is 1. The molecule has 2 heterocycles. The summed E-state index contributed by atoms with van der Waals surface area (Å²) in [5.74, 6) is 0.359. The standard InChI is InChI=1S/C28H22FN3O5/c29-23-13-19(18-5-3-17(4-6-18)12-26(30)33)7-8-20(23)15-32-27(34)22-2-1-11-31-28(22)37-21-9-10-24-25(14-21)36-16-35-24/h1-11,13-14H,12,15-16H2,(H2,30,33)(H,32,34). The van der Waals surface area contributed by atoms with Gasteiger partial charge in [-0.15, -0.1) is 0 Å². The molecule has 0 saturated heterocycles. The van der Waals surface area contributed by atoms with E-state index in [4.69, 9.17) is 19.9 Å².